The number of hydrogen-bond acceptors (Lipinski definition) is 4. The maximum absolute atomic E-state index is 13.8. The molecular formula is C31H31N3O4. The molecule has 3 aromatic rings. The molecule has 0 aromatic heterocycles. The smallest absolute Gasteiger partial charge is 0.262 e. The Balaban J connectivity index is 1.50. The van der Waals surface area contributed by atoms with E-state index in [9.17, 15) is 19.2 Å². The average molecular weight is 510 g/mol. The molecule has 2 aliphatic heterocycles. The largest absolute Gasteiger partial charge is 0.308 e. The second-order valence-electron chi connectivity index (χ2n) is 10.9. The quantitative estimate of drug-likeness (QED) is 0.452. The molecule has 5 rings (SSSR count). The Labute approximate surface area is 222 Å². The van der Waals surface area contributed by atoms with E-state index in [2.05, 4.69) is 0 Å². The van der Waals surface area contributed by atoms with E-state index >= 15 is 0 Å². The van der Waals surface area contributed by atoms with Crippen molar-refractivity contribution in [1.29, 1.82) is 0 Å². The number of fused-ring (bicyclic) bond motifs is 2. The van der Waals surface area contributed by atoms with Crippen molar-refractivity contribution < 1.29 is 19.2 Å². The molecule has 0 fully saturated rings. The molecule has 0 bridgehead atoms. The molecule has 0 N–H and O–H groups in total. The van der Waals surface area contributed by atoms with Crippen molar-refractivity contribution in [3.8, 4) is 0 Å². The average Bonchev–Trinajstić information content (AvgIpc) is 3.13. The van der Waals surface area contributed by atoms with Crippen molar-refractivity contribution in [1.82, 2.24) is 4.90 Å². The number of rotatable bonds is 4. The van der Waals surface area contributed by atoms with E-state index in [4.69, 9.17) is 0 Å². The van der Waals surface area contributed by atoms with Crippen LogP contribution in [0.2, 0.25) is 0 Å². The van der Waals surface area contributed by atoms with Crippen LogP contribution in [0.15, 0.2) is 78.9 Å². The van der Waals surface area contributed by atoms with E-state index in [1.54, 1.807) is 29.2 Å². The van der Waals surface area contributed by atoms with Crippen molar-refractivity contribution in [3.05, 3.63) is 95.6 Å². The molecule has 4 amide bonds. The number of anilines is 2. The number of nitrogens with zero attached hydrogens (tertiary/aromatic N) is 3. The number of carbonyl (C=O) groups is 4. The van der Waals surface area contributed by atoms with Crippen LogP contribution in [0.25, 0.3) is 0 Å². The normalized spacial score (nSPS) is 18.7. The van der Waals surface area contributed by atoms with E-state index in [0.717, 1.165) is 16.2 Å². The van der Waals surface area contributed by atoms with Crippen LogP contribution < -0.4 is 9.80 Å². The molecular weight excluding hydrogens is 478 g/mol. The first-order valence-electron chi connectivity index (χ1n) is 12.8. The van der Waals surface area contributed by atoms with E-state index in [1.165, 1.54) is 0 Å². The third kappa shape index (κ3) is 4.28. The van der Waals surface area contributed by atoms with Gasteiger partial charge in [-0.15, -0.1) is 0 Å². The summed E-state index contributed by atoms with van der Waals surface area (Å²) in [5, 5.41) is 0. The predicted molar refractivity (Wildman–Crippen MR) is 146 cm³/mol. The van der Waals surface area contributed by atoms with Gasteiger partial charge < -0.3 is 9.80 Å². The zero-order chi connectivity index (χ0) is 27.2. The summed E-state index contributed by atoms with van der Waals surface area (Å²) < 4.78 is 0. The van der Waals surface area contributed by atoms with E-state index < -0.39 is 17.2 Å². The number of para-hydroxylation sites is 2. The minimum absolute atomic E-state index is 0.0125. The lowest BCUT2D eigenvalue weighted by atomic mass is 9.87. The summed E-state index contributed by atoms with van der Waals surface area (Å²) in [4.78, 5) is 57.8. The van der Waals surface area contributed by atoms with Crippen molar-refractivity contribution >= 4 is 35.0 Å². The van der Waals surface area contributed by atoms with Crippen molar-refractivity contribution in [2.45, 2.75) is 46.2 Å². The molecule has 194 valence electrons. The summed E-state index contributed by atoms with van der Waals surface area (Å²) in [7, 11) is 0. The molecule has 0 saturated carbocycles. The molecule has 0 unspecified atom stereocenters. The van der Waals surface area contributed by atoms with Crippen LogP contribution in [-0.4, -0.2) is 41.1 Å². The number of benzene rings is 3. The maximum atomic E-state index is 13.8. The van der Waals surface area contributed by atoms with Crippen molar-refractivity contribution in [3.63, 3.8) is 0 Å². The van der Waals surface area contributed by atoms with Crippen LogP contribution in [0.5, 0.6) is 0 Å². The van der Waals surface area contributed by atoms with Crippen LogP contribution in [0, 0.1) is 5.41 Å². The SMILES string of the molecule is C[C@H]1C[C@@H](N(C(=O)C(C)(C)C)c2ccccc2)c2ccccc2N1C(=O)CN1C(=O)c2ccccc2C1=O. The first-order chi connectivity index (χ1) is 18.1. The van der Waals surface area contributed by atoms with Crippen molar-refractivity contribution in [2.75, 3.05) is 16.3 Å². The van der Waals surface area contributed by atoms with Gasteiger partial charge in [-0.05, 0) is 49.2 Å². The Morgan fingerprint density at radius 3 is 2.00 bits per heavy atom. The molecule has 2 heterocycles. The fourth-order valence-electron chi connectivity index (χ4n) is 5.39. The van der Waals surface area contributed by atoms with Gasteiger partial charge in [-0.2, -0.15) is 0 Å². The summed E-state index contributed by atoms with van der Waals surface area (Å²) in [5.41, 5.74) is 2.34. The van der Waals surface area contributed by atoms with E-state index in [1.807, 2.05) is 87.2 Å². The van der Waals surface area contributed by atoms with Crippen LogP contribution in [0.1, 0.15) is 66.4 Å². The molecule has 2 aliphatic rings. The fraction of sp³-hybridized carbons (Fsp3) is 0.290. The van der Waals surface area contributed by atoms with Crippen LogP contribution in [-0.2, 0) is 9.59 Å². The van der Waals surface area contributed by atoms with Crippen LogP contribution in [0.3, 0.4) is 0 Å². The van der Waals surface area contributed by atoms with Gasteiger partial charge in [0.2, 0.25) is 11.8 Å². The third-order valence-corrected chi connectivity index (χ3v) is 7.21. The highest BCUT2D eigenvalue weighted by Crippen LogP contribution is 2.43. The topological polar surface area (TPSA) is 78.0 Å². The molecule has 7 heteroatoms. The number of carbonyl (C=O) groups excluding carboxylic acids is 4. The maximum Gasteiger partial charge on any atom is 0.262 e. The first-order valence-corrected chi connectivity index (χ1v) is 12.8. The standard InChI is InChI=1S/C31H31N3O4/c1-20-18-26(34(30(38)31(2,3)4)21-12-6-5-7-13-21)24-16-10-11-17-25(24)33(20)27(35)19-32-28(36)22-14-8-9-15-23(22)29(32)37/h5-17,20,26H,18-19H2,1-4H3/t20-,26+/m0/s1. The van der Waals surface area contributed by atoms with Gasteiger partial charge in [0, 0.05) is 22.8 Å². The summed E-state index contributed by atoms with van der Waals surface area (Å²) in [6, 6.07) is 23.2. The monoisotopic (exact) mass is 509 g/mol. The van der Waals surface area contributed by atoms with Gasteiger partial charge in [-0.25, -0.2) is 0 Å². The highest BCUT2D eigenvalue weighted by atomic mass is 16.2. The molecule has 0 aliphatic carbocycles. The zero-order valence-electron chi connectivity index (χ0n) is 22.0. The third-order valence-electron chi connectivity index (χ3n) is 7.21. The van der Waals surface area contributed by atoms with Crippen LogP contribution >= 0.6 is 0 Å². The summed E-state index contributed by atoms with van der Waals surface area (Å²) in [5.74, 6) is -1.27. The lowest BCUT2D eigenvalue weighted by Crippen LogP contribution is -2.52. The number of imide groups is 1. The molecule has 0 radical (unpaired) electrons. The molecule has 7 nitrogen and oxygen atoms in total. The molecule has 0 spiro atoms. The van der Waals surface area contributed by atoms with Gasteiger partial charge in [0.1, 0.15) is 6.54 Å². The minimum Gasteiger partial charge on any atom is -0.308 e. The van der Waals surface area contributed by atoms with Gasteiger partial charge in [0.25, 0.3) is 11.8 Å². The predicted octanol–water partition coefficient (Wildman–Crippen LogP) is 5.23. The molecule has 0 saturated heterocycles. The van der Waals surface area contributed by atoms with Gasteiger partial charge in [0.05, 0.1) is 17.2 Å². The minimum atomic E-state index is -0.619. The highest BCUT2D eigenvalue weighted by Gasteiger charge is 2.43. The summed E-state index contributed by atoms with van der Waals surface area (Å²) >= 11 is 0. The Morgan fingerprint density at radius 1 is 0.842 bits per heavy atom. The molecule has 3 aromatic carbocycles. The zero-order valence-corrected chi connectivity index (χ0v) is 22.0. The number of amides is 4. The van der Waals surface area contributed by atoms with Gasteiger partial charge in [0.15, 0.2) is 0 Å². The highest BCUT2D eigenvalue weighted by molar-refractivity contribution is 6.22. The lowest BCUT2D eigenvalue weighted by Gasteiger charge is -2.45. The van der Waals surface area contributed by atoms with E-state index in [0.29, 0.717) is 23.2 Å². The molecule has 2 atom stereocenters. The van der Waals surface area contributed by atoms with Crippen LogP contribution in [0.4, 0.5) is 11.4 Å². The van der Waals surface area contributed by atoms with Gasteiger partial charge in [-0.3, -0.25) is 24.1 Å². The molecule has 38 heavy (non-hydrogen) atoms. The lowest BCUT2D eigenvalue weighted by molar-refractivity contribution is -0.126. The second kappa shape index (κ2) is 9.56. The van der Waals surface area contributed by atoms with E-state index in [-0.39, 0.29) is 30.4 Å². The Bertz CT molecular complexity index is 1390. The fourth-order valence-corrected chi connectivity index (χ4v) is 5.39. The van der Waals surface area contributed by atoms with Gasteiger partial charge >= 0.3 is 0 Å². The van der Waals surface area contributed by atoms with Crippen molar-refractivity contribution in [2.24, 2.45) is 5.41 Å². The first kappa shape index (κ1) is 25.4. The summed E-state index contributed by atoms with van der Waals surface area (Å²) in [6.45, 7) is 7.30. The number of hydrogen-bond donors (Lipinski definition) is 0. The Hall–Kier alpha value is -4.26. The Kier molecular flexibility index (Phi) is 6.39. The second-order valence-corrected chi connectivity index (χ2v) is 10.9. The van der Waals surface area contributed by atoms with Gasteiger partial charge in [-0.1, -0.05) is 69.3 Å². The summed E-state index contributed by atoms with van der Waals surface area (Å²) in [6.07, 6.45) is 0.502. The Morgan fingerprint density at radius 2 is 1.39 bits per heavy atom.